The van der Waals surface area contributed by atoms with E-state index < -0.39 is 9.84 Å². The Balaban J connectivity index is 1.80. The molecule has 4 rings (SSSR count). The largest absolute Gasteiger partial charge is 0.461 e. The smallest absolute Gasteiger partial charge is 0.198 e. The molecule has 25 heavy (non-hydrogen) atoms. The third-order valence-corrected chi connectivity index (χ3v) is 4.68. The molecular weight excluding hydrogens is 342 g/mol. The Morgan fingerprint density at radius 1 is 1.16 bits per heavy atom. The zero-order valence-corrected chi connectivity index (χ0v) is 13.9. The minimum Gasteiger partial charge on any atom is -0.461 e. The first-order valence-corrected chi connectivity index (χ1v) is 9.22. The highest BCUT2D eigenvalue weighted by molar-refractivity contribution is 7.90. The van der Waals surface area contributed by atoms with E-state index in [9.17, 15) is 8.42 Å². The van der Waals surface area contributed by atoms with E-state index in [1.807, 2.05) is 0 Å². The second kappa shape index (κ2) is 5.71. The molecule has 0 spiro atoms. The number of anilines is 2. The van der Waals surface area contributed by atoms with Gasteiger partial charge in [-0.3, -0.25) is 5.10 Å². The Hall–Kier alpha value is -3.20. The van der Waals surface area contributed by atoms with Gasteiger partial charge in [0, 0.05) is 11.9 Å². The molecule has 1 aromatic carbocycles. The van der Waals surface area contributed by atoms with Gasteiger partial charge in [0.15, 0.2) is 27.2 Å². The Bertz CT molecular complexity index is 1150. The molecule has 0 saturated carbocycles. The number of rotatable bonds is 4. The van der Waals surface area contributed by atoms with Gasteiger partial charge in [0.25, 0.3) is 0 Å². The van der Waals surface area contributed by atoms with Crippen LogP contribution in [0.15, 0.2) is 58.2 Å². The molecule has 0 aliphatic carbocycles. The fraction of sp³-hybridized carbons (Fsp3) is 0.0625. The SMILES string of the molecule is CS(=O)(=O)c1cccc(Nc2nc(-c3ccco3)nc3cn[nH]c23)c1. The average Bonchev–Trinajstić information content (AvgIpc) is 3.26. The summed E-state index contributed by atoms with van der Waals surface area (Å²) in [6.45, 7) is 0. The number of H-pyrrole nitrogens is 1. The van der Waals surface area contributed by atoms with Crippen LogP contribution in [0.5, 0.6) is 0 Å². The van der Waals surface area contributed by atoms with E-state index in [0.29, 0.717) is 34.1 Å². The topological polar surface area (TPSA) is 114 Å². The van der Waals surface area contributed by atoms with Gasteiger partial charge in [-0.05, 0) is 30.3 Å². The van der Waals surface area contributed by atoms with Gasteiger partial charge < -0.3 is 9.73 Å². The van der Waals surface area contributed by atoms with Crippen molar-refractivity contribution in [2.24, 2.45) is 0 Å². The summed E-state index contributed by atoms with van der Waals surface area (Å²) in [4.78, 5) is 9.09. The molecule has 3 aromatic heterocycles. The van der Waals surface area contributed by atoms with Crippen molar-refractivity contribution in [2.45, 2.75) is 4.90 Å². The normalized spacial score (nSPS) is 11.7. The molecule has 126 valence electrons. The third-order valence-electron chi connectivity index (χ3n) is 3.57. The van der Waals surface area contributed by atoms with Crippen LogP contribution < -0.4 is 5.32 Å². The van der Waals surface area contributed by atoms with Crippen molar-refractivity contribution >= 4 is 32.4 Å². The van der Waals surface area contributed by atoms with Crippen LogP contribution in [0.3, 0.4) is 0 Å². The number of aromatic nitrogens is 4. The average molecular weight is 355 g/mol. The number of furan rings is 1. The second-order valence-corrected chi connectivity index (χ2v) is 7.44. The predicted molar refractivity (Wildman–Crippen MR) is 92.2 cm³/mol. The molecular formula is C16H13N5O3S. The number of sulfone groups is 1. The predicted octanol–water partition coefficient (Wildman–Crippen LogP) is 2.76. The summed E-state index contributed by atoms with van der Waals surface area (Å²) in [6, 6.07) is 10.0. The maximum absolute atomic E-state index is 11.7. The summed E-state index contributed by atoms with van der Waals surface area (Å²) >= 11 is 0. The van der Waals surface area contributed by atoms with E-state index in [2.05, 4.69) is 25.5 Å². The quantitative estimate of drug-likeness (QED) is 0.578. The summed E-state index contributed by atoms with van der Waals surface area (Å²) < 4.78 is 28.8. The number of fused-ring (bicyclic) bond motifs is 1. The van der Waals surface area contributed by atoms with Gasteiger partial charge in [0.2, 0.25) is 0 Å². The van der Waals surface area contributed by atoms with Gasteiger partial charge in [-0.15, -0.1) is 0 Å². The van der Waals surface area contributed by atoms with Gasteiger partial charge >= 0.3 is 0 Å². The molecule has 2 N–H and O–H groups in total. The molecule has 0 radical (unpaired) electrons. The van der Waals surface area contributed by atoms with Crippen LogP contribution >= 0.6 is 0 Å². The number of aromatic amines is 1. The van der Waals surface area contributed by atoms with Crippen molar-refractivity contribution < 1.29 is 12.8 Å². The molecule has 8 nitrogen and oxygen atoms in total. The Morgan fingerprint density at radius 3 is 2.80 bits per heavy atom. The number of hydrogen-bond donors (Lipinski definition) is 2. The first kappa shape index (κ1) is 15.3. The second-order valence-electron chi connectivity index (χ2n) is 5.43. The van der Waals surface area contributed by atoms with Crippen LogP contribution in [0.2, 0.25) is 0 Å². The van der Waals surface area contributed by atoms with Crippen molar-refractivity contribution in [1.82, 2.24) is 20.2 Å². The van der Waals surface area contributed by atoms with Crippen LogP contribution in [0, 0.1) is 0 Å². The minimum absolute atomic E-state index is 0.221. The van der Waals surface area contributed by atoms with Gasteiger partial charge in [-0.25, -0.2) is 18.4 Å². The van der Waals surface area contributed by atoms with Crippen molar-refractivity contribution in [3.63, 3.8) is 0 Å². The van der Waals surface area contributed by atoms with Crippen LogP contribution in [-0.2, 0) is 9.84 Å². The van der Waals surface area contributed by atoms with Crippen molar-refractivity contribution in [1.29, 1.82) is 0 Å². The highest BCUT2D eigenvalue weighted by Crippen LogP contribution is 2.26. The van der Waals surface area contributed by atoms with Gasteiger partial charge in [0.05, 0.1) is 17.4 Å². The maximum atomic E-state index is 11.7. The van der Waals surface area contributed by atoms with Crippen molar-refractivity contribution in [3.05, 3.63) is 48.9 Å². The Kier molecular flexibility index (Phi) is 3.50. The number of hydrogen-bond acceptors (Lipinski definition) is 7. The fourth-order valence-electron chi connectivity index (χ4n) is 2.39. The number of benzene rings is 1. The third kappa shape index (κ3) is 2.96. The first-order chi connectivity index (χ1) is 12.0. The number of nitrogens with zero attached hydrogens (tertiary/aromatic N) is 3. The monoisotopic (exact) mass is 355 g/mol. The molecule has 4 aromatic rings. The standard InChI is InChI=1S/C16H13N5O3S/c1-25(22,23)11-5-2-4-10(8-11)18-16-14-12(9-17-21-14)19-15(20-16)13-6-3-7-24-13/h2-9H,1H3,(H,17,21)(H,18,19,20). The highest BCUT2D eigenvalue weighted by atomic mass is 32.2. The maximum Gasteiger partial charge on any atom is 0.198 e. The molecule has 9 heteroatoms. The fourth-order valence-corrected chi connectivity index (χ4v) is 3.05. The zero-order valence-electron chi connectivity index (χ0n) is 13.1. The lowest BCUT2D eigenvalue weighted by Gasteiger charge is -2.09. The summed E-state index contributed by atoms with van der Waals surface area (Å²) in [7, 11) is -3.30. The zero-order chi connectivity index (χ0) is 17.4. The van der Waals surface area contributed by atoms with Gasteiger partial charge in [-0.2, -0.15) is 5.10 Å². The van der Waals surface area contributed by atoms with Crippen LogP contribution in [-0.4, -0.2) is 34.8 Å². The Morgan fingerprint density at radius 2 is 2.04 bits per heavy atom. The van der Waals surface area contributed by atoms with E-state index in [0.717, 1.165) is 0 Å². The Labute approximate surface area is 142 Å². The molecule has 0 aliphatic heterocycles. The summed E-state index contributed by atoms with van der Waals surface area (Å²) in [5.41, 5.74) is 1.81. The lowest BCUT2D eigenvalue weighted by molar-refractivity contribution is 0.577. The first-order valence-electron chi connectivity index (χ1n) is 7.33. The lowest BCUT2D eigenvalue weighted by atomic mass is 10.3. The minimum atomic E-state index is -3.30. The summed E-state index contributed by atoms with van der Waals surface area (Å²) in [5.74, 6) is 1.40. The molecule has 0 aliphatic rings. The molecule has 0 fully saturated rings. The highest BCUT2D eigenvalue weighted by Gasteiger charge is 2.14. The van der Waals surface area contributed by atoms with E-state index in [1.54, 1.807) is 48.9 Å². The van der Waals surface area contributed by atoms with Gasteiger partial charge in [-0.1, -0.05) is 6.07 Å². The molecule has 0 bridgehead atoms. The summed E-state index contributed by atoms with van der Waals surface area (Å²) in [6.07, 6.45) is 4.29. The van der Waals surface area contributed by atoms with Crippen LogP contribution in [0.4, 0.5) is 11.5 Å². The van der Waals surface area contributed by atoms with Crippen LogP contribution in [0.1, 0.15) is 0 Å². The van der Waals surface area contributed by atoms with E-state index in [4.69, 9.17) is 4.42 Å². The molecule has 0 amide bonds. The van der Waals surface area contributed by atoms with Crippen LogP contribution in [0.25, 0.3) is 22.6 Å². The molecule has 0 saturated heterocycles. The summed E-state index contributed by atoms with van der Waals surface area (Å²) in [5, 5.41) is 9.95. The van der Waals surface area contributed by atoms with E-state index >= 15 is 0 Å². The number of nitrogens with one attached hydrogen (secondary N) is 2. The van der Waals surface area contributed by atoms with E-state index in [1.165, 1.54) is 6.26 Å². The lowest BCUT2D eigenvalue weighted by Crippen LogP contribution is -2.01. The van der Waals surface area contributed by atoms with E-state index in [-0.39, 0.29) is 4.90 Å². The molecule has 0 unspecified atom stereocenters. The van der Waals surface area contributed by atoms with Gasteiger partial charge in [0.1, 0.15) is 11.0 Å². The van der Waals surface area contributed by atoms with Crippen molar-refractivity contribution in [3.8, 4) is 11.6 Å². The molecule has 0 atom stereocenters. The molecule has 3 heterocycles. The van der Waals surface area contributed by atoms with Crippen molar-refractivity contribution in [2.75, 3.05) is 11.6 Å².